The molecule has 0 N–H and O–H groups in total. The number of para-hydroxylation sites is 1. The summed E-state index contributed by atoms with van der Waals surface area (Å²) in [4.78, 5) is 2.50. The van der Waals surface area contributed by atoms with Gasteiger partial charge in [-0.3, -0.25) is 0 Å². The summed E-state index contributed by atoms with van der Waals surface area (Å²) in [5, 5.41) is 2.35. The highest BCUT2D eigenvalue weighted by Crippen LogP contribution is 2.64. The Morgan fingerprint density at radius 2 is 1.35 bits per heavy atom. The molecular weight excluding hydrogens is 619 g/mol. The summed E-state index contributed by atoms with van der Waals surface area (Å²) in [5.74, 6) is 1.97. The van der Waals surface area contributed by atoms with E-state index >= 15 is 0 Å². The molecule has 6 aromatic rings. The van der Waals surface area contributed by atoms with Crippen LogP contribution in [0.4, 0.5) is 11.4 Å². The molecule has 6 aromatic carbocycles. The number of hydrogen-bond donors (Lipinski definition) is 0. The fourth-order valence-corrected chi connectivity index (χ4v) is 9.87. The number of allylic oxidation sites excluding steroid dienone is 6. The highest BCUT2D eigenvalue weighted by atomic mass is 16.5. The molecule has 5 aliphatic rings. The lowest BCUT2D eigenvalue weighted by Crippen LogP contribution is -2.34. The van der Waals surface area contributed by atoms with Crippen molar-refractivity contribution < 1.29 is 4.74 Å². The van der Waals surface area contributed by atoms with Gasteiger partial charge in [0.1, 0.15) is 11.5 Å². The Balaban J connectivity index is 1.22. The van der Waals surface area contributed by atoms with Crippen LogP contribution in [0.25, 0.3) is 28.0 Å². The molecule has 1 spiro atoms. The molecule has 3 aliphatic carbocycles. The second-order valence-corrected chi connectivity index (χ2v) is 15.1. The van der Waals surface area contributed by atoms with Crippen molar-refractivity contribution in [3.05, 3.63) is 196 Å². The normalized spacial score (nSPS) is 19.8. The molecule has 1 unspecified atom stereocenters. The van der Waals surface area contributed by atoms with Crippen molar-refractivity contribution in [2.75, 3.05) is 4.90 Å². The zero-order valence-corrected chi connectivity index (χ0v) is 28.9. The molecule has 0 saturated carbocycles. The molecule has 0 fully saturated rings. The second-order valence-electron chi connectivity index (χ2n) is 15.1. The molecule has 2 nitrogen and oxygen atoms in total. The van der Waals surface area contributed by atoms with E-state index in [1.54, 1.807) is 0 Å². The molecule has 244 valence electrons. The van der Waals surface area contributed by atoms with Gasteiger partial charge in [-0.1, -0.05) is 141 Å². The van der Waals surface area contributed by atoms with E-state index in [0.29, 0.717) is 0 Å². The maximum Gasteiger partial charge on any atom is 0.140 e. The minimum Gasteiger partial charge on any atom is -0.455 e. The average molecular weight is 656 g/mol. The van der Waals surface area contributed by atoms with Crippen molar-refractivity contribution in [1.82, 2.24) is 0 Å². The fraction of sp³-hybridized carbons (Fsp3) is 0.143. The lowest BCUT2D eigenvalue weighted by Gasteiger charge is -2.42. The van der Waals surface area contributed by atoms with E-state index < -0.39 is 5.41 Å². The number of nitrogens with zero attached hydrogens (tertiary/aromatic N) is 1. The van der Waals surface area contributed by atoms with Crippen LogP contribution in [0.2, 0.25) is 0 Å². The van der Waals surface area contributed by atoms with Gasteiger partial charge in [0.25, 0.3) is 0 Å². The highest BCUT2D eigenvalue weighted by Gasteiger charge is 2.52. The van der Waals surface area contributed by atoms with E-state index in [2.05, 4.69) is 170 Å². The summed E-state index contributed by atoms with van der Waals surface area (Å²) in [5.41, 5.74) is 15.9. The van der Waals surface area contributed by atoms with E-state index in [4.69, 9.17) is 4.74 Å². The number of benzene rings is 6. The summed E-state index contributed by atoms with van der Waals surface area (Å²) < 4.78 is 7.17. The first-order valence-electron chi connectivity index (χ1n) is 18.3. The minimum atomic E-state index is -0.533. The van der Waals surface area contributed by atoms with Gasteiger partial charge in [0.05, 0.1) is 11.1 Å². The first-order valence-corrected chi connectivity index (χ1v) is 18.3. The molecule has 1 atom stereocenters. The van der Waals surface area contributed by atoms with Gasteiger partial charge in [-0.25, -0.2) is 0 Å². The van der Waals surface area contributed by atoms with Crippen LogP contribution in [0.1, 0.15) is 65.6 Å². The van der Waals surface area contributed by atoms with E-state index in [0.717, 1.165) is 36.1 Å². The third-order valence-electron chi connectivity index (χ3n) is 12.2. The molecule has 11 rings (SSSR count). The topological polar surface area (TPSA) is 12.5 Å². The Bertz CT molecular complexity index is 2630. The van der Waals surface area contributed by atoms with Crippen molar-refractivity contribution in [2.45, 2.75) is 43.9 Å². The van der Waals surface area contributed by atoms with Crippen molar-refractivity contribution in [3.8, 4) is 22.6 Å². The number of ether oxygens (including phenoxy) is 1. The van der Waals surface area contributed by atoms with Crippen LogP contribution in [-0.2, 0) is 17.3 Å². The smallest absolute Gasteiger partial charge is 0.140 e. The van der Waals surface area contributed by atoms with E-state index in [1.807, 2.05) is 0 Å². The van der Waals surface area contributed by atoms with Gasteiger partial charge in [-0.15, -0.1) is 0 Å². The van der Waals surface area contributed by atoms with Crippen LogP contribution >= 0.6 is 0 Å². The predicted octanol–water partition coefficient (Wildman–Crippen LogP) is 12.5. The van der Waals surface area contributed by atoms with Crippen molar-refractivity contribution in [1.29, 1.82) is 0 Å². The Morgan fingerprint density at radius 1 is 0.608 bits per heavy atom. The first-order chi connectivity index (χ1) is 25.1. The second kappa shape index (κ2) is 10.3. The lowest BCUT2D eigenvalue weighted by atomic mass is 9.65. The largest absolute Gasteiger partial charge is 0.455 e. The van der Waals surface area contributed by atoms with Crippen LogP contribution in [0.3, 0.4) is 0 Å². The minimum absolute atomic E-state index is 0.118. The van der Waals surface area contributed by atoms with Crippen LogP contribution in [0.5, 0.6) is 11.5 Å². The summed E-state index contributed by atoms with van der Waals surface area (Å²) >= 11 is 0. The van der Waals surface area contributed by atoms with Gasteiger partial charge >= 0.3 is 0 Å². The van der Waals surface area contributed by atoms with E-state index in [9.17, 15) is 0 Å². The predicted molar refractivity (Wildman–Crippen MR) is 210 cm³/mol. The Morgan fingerprint density at radius 3 is 2.29 bits per heavy atom. The Kier molecular flexibility index (Phi) is 5.86. The maximum atomic E-state index is 7.17. The van der Waals surface area contributed by atoms with Crippen molar-refractivity contribution >= 4 is 28.2 Å². The third kappa shape index (κ3) is 3.72. The maximum absolute atomic E-state index is 7.17. The number of hydrogen-bond acceptors (Lipinski definition) is 2. The van der Waals surface area contributed by atoms with Crippen molar-refractivity contribution in [2.24, 2.45) is 0 Å². The zero-order chi connectivity index (χ0) is 33.9. The number of fused-ring (bicyclic) bond motifs is 14. The molecule has 0 amide bonds. The summed E-state index contributed by atoms with van der Waals surface area (Å²) in [6, 6.07) is 43.3. The fourth-order valence-electron chi connectivity index (χ4n) is 9.87. The van der Waals surface area contributed by atoms with Gasteiger partial charge in [-0.05, 0) is 87.9 Å². The van der Waals surface area contributed by atoms with Gasteiger partial charge in [0.2, 0.25) is 0 Å². The first kappa shape index (κ1) is 28.9. The van der Waals surface area contributed by atoms with E-state index in [1.165, 1.54) is 78.1 Å². The third-order valence-corrected chi connectivity index (χ3v) is 12.2. The summed E-state index contributed by atoms with van der Waals surface area (Å²) in [7, 11) is 0. The van der Waals surface area contributed by atoms with E-state index in [-0.39, 0.29) is 5.41 Å². The van der Waals surface area contributed by atoms with Gasteiger partial charge < -0.3 is 9.64 Å². The molecule has 2 heterocycles. The highest BCUT2D eigenvalue weighted by molar-refractivity contribution is 5.97. The average Bonchev–Trinajstić information content (AvgIpc) is 3.27. The van der Waals surface area contributed by atoms with Gasteiger partial charge in [0.15, 0.2) is 0 Å². The standard InChI is InChI=1S/C49H37NO/c1-48(2)40-20-4-3-5-22-44(40)50(45-23-13-12-21-41(45)48)33-26-29-39-37(30-33)36-18-10-11-19-38(36)49(39)42-27-24-31-14-6-8-16-34(31)46(42)51-47-35-17-9-7-15-32(35)25-28-43(47)49/h4-6,8-14,16-30H,3,7,15H2,1-2H3. The quantitative estimate of drug-likeness (QED) is 0.174. The molecule has 0 aromatic heterocycles. The molecule has 0 saturated heterocycles. The molecule has 0 radical (unpaired) electrons. The van der Waals surface area contributed by atoms with Crippen LogP contribution < -0.4 is 9.64 Å². The number of anilines is 2. The van der Waals surface area contributed by atoms with Crippen LogP contribution in [0, 0.1) is 0 Å². The number of aryl methyl sites for hydroxylation is 1. The number of rotatable bonds is 1. The zero-order valence-electron chi connectivity index (χ0n) is 28.9. The van der Waals surface area contributed by atoms with Gasteiger partial charge in [0, 0.05) is 38.9 Å². The summed E-state index contributed by atoms with van der Waals surface area (Å²) in [6.07, 6.45) is 16.9. The lowest BCUT2D eigenvalue weighted by molar-refractivity contribution is 0.439. The molecule has 2 heteroatoms. The Hall–Kier alpha value is -5.86. The van der Waals surface area contributed by atoms with Crippen LogP contribution in [0.15, 0.2) is 157 Å². The molecule has 0 bridgehead atoms. The van der Waals surface area contributed by atoms with Crippen LogP contribution in [-0.4, -0.2) is 0 Å². The SMILES string of the molecule is CC1(C)C2=C(C=CCC=C2)N(c2ccc3c(c2)-c2ccccc2C32c3ccc4c(c3Oc3c2ccc2ccccc32)C=CCC4)c2ccccc21. The van der Waals surface area contributed by atoms with Gasteiger partial charge in [-0.2, -0.15) is 0 Å². The van der Waals surface area contributed by atoms with Crippen molar-refractivity contribution in [3.63, 3.8) is 0 Å². The molecular formula is C49H37NO. The monoisotopic (exact) mass is 655 g/mol. The summed E-state index contributed by atoms with van der Waals surface area (Å²) in [6.45, 7) is 4.73. The Labute approximate surface area is 299 Å². The molecule has 2 aliphatic heterocycles. The molecule has 51 heavy (non-hydrogen) atoms.